The normalized spacial score (nSPS) is 15.7. The van der Waals surface area contributed by atoms with Crippen molar-refractivity contribution in [3.05, 3.63) is 71.8 Å². The fraction of sp³-hybridized carbons (Fsp3) is 0.300. The van der Waals surface area contributed by atoms with Crippen LogP contribution in [0.3, 0.4) is 0 Å². The van der Waals surface area contributed by atoms with Gasteiger partial charge >= 0.3 is 0 Å². The molecule has 0 N–H and O–H groups in total. The number of benzene rings is 2. The number of hydrogen-bond acceptors (Lipinski definition) is 3. The molecule has 0 heterocycles. The summed E-state index contributed by atoms with van der Waals surface area (Å²) < 4.78 is 6.28. The SMILES string of the molecule is CC(C#N)C(OC(c1ccccc1)C(C)C#N)c1ccccc1. The van der Waals surface area contributed by atoms with E-state index in [9.17, 15) is 10.5 Å². The average molecular weight is 304 g/mol. The van der Waals surface area contributed by atoms with Crippen molar-refractivity contribution in [2.24, 2.45) is 11.8 Å². The highest BCUT2D eigenvalue weighted by molar-refractivity contribution is 5.23. The van der Waals surface area contributed by atoms with Gasteiger partial charge in [0.25, 0.3) is 0 Å². The van der Waals surface area contributed by atoms with E-state index in [2.05, 4.69) is 12.1 Å². The molecule has 23 heavy (non-hydrogen) atoms. The second-order valence-electron chi connectivity index (χ2n) is 5.63. The zero-order valence-electron chi connectivity index (χ0n) is 13.4. The number of rotatable bonds is 6. The van der Waals surface area contributed by atoms with E-state index < -0.39 is 0 Å². The topological polar surface area (TPSA) is 56.8 Å². The van der Waals surface area contributed by atoms with Crippen LogP contribution in [0.4, 0.5) is 0 Å². The third-order valence-corrected chi connectivity index (χ3v) is 3.86. The maximum Gasteiger partial charge on any atom is 0.0989 e. The fourth-order valence-electron chi connectivity index (χ4n) is 2.55. The molecule has 0 aliphatic heterocycles. The molecule has 0 radical (unpaired) electrons. The van der Waals surface area contributed by atoms with E-state index >= 15 is 0 Å². The Balaban J connectivity index is 2.35. The van der Waals surface area contributed by atoms with Crippen molar-refractivity contribution < 1.29 is 4.74 Å². The molecule has 2 aromatic rings. The molecular weight excluding hydrogens is 284 g/mol. The molecule has 0 fully saturated rings. The lowest BCUT2D eigenvalue weighted by Crippen LogP contribution is -2.20. The molecule has 3 nitrogen and oxygen atoms in total. The van der Waals surface area contributed by atoms with E-state index in [4.69, 9.17) is 4.74 Å². The molecule has 0 aliphatic rings. The summed E-state index contributed by atoms with van der Waals surface area (Å²) in [5.74, 6) is -0.621. The lowest BCUT2D eigenvalue weighted by atomic mass is 9.95. The third kappa shape index (κ3) is 4.19. The molecule has 0 bridgehead atoms. The molecule has 0 saturated heterocycles. The highest BCUT2D eigenvalue weighted by Gasteiger charge is 2.28. The van der Waals surface area contributed by atoms with Gasteiger partial charge in [-0.2, -0.15) is 10.5 Å². The smallest absolute Gasteiger partial charge is 0.0989 e. The van der Waals surface area contributed by atoms with E-state index in [1.54, 1.807) is 0 Å². The number of nitriles is 2. The first-order valence-corrected chi connectivity index (χ1v) is 7.72. The largest absolute Gasteiger partial charge is 0.363 e. The van der Waals surface area contributed by atoms with E-state index in [-0.39, 0.29) is 24.0 Å². The molecule has 0 spiro atoms. The molecule has 0 aliphatic carbocycles. The van der Waals surface area contributed by atoms with Crippen molar-refractivity contribution in [2.45, 2.75) is 26.1 Å². The summed E-state index contributed by atoms with van der Waals surface area (Å²) in [6, 6.07) is 24.0. The number of hydrogen-bond donors (Lipinski definition) is 0. The monoisotopic (exact) mass is 304 g/mol. The van der Waals surface area contributed by atoms with Gasteiger partial charge in [-0.05, 0) is 25.0 Å². The molecule has 4 atom stereocenters. The van der Waals surface area contributed by atoms with Crippen LogP contribution in [0.1, 0.15) is 37.2 Å². The maximum atomic E-state index is 9.35. The highest BCUT2D eigenvalue weighted by Crippen LogP contribution is 2.35. The van der Waals surface area contributed by atoms with Gasteiger partial charge in [0.2, 0.25) is 0 Å². The Labute approximate surface area is 137 Å². The molecule has 3 heteroatoms. The summed E-state index contributed by atoms with van der Waals surface area (Å²) >= 11 is 0. The lowest BCUT2D eigenvalue weighted by Gasteiger charge is -2.28. The first-order valence-electron chi connectivity index (χ1n) is 7.72. The standard InChI is InChI=1S/C20H20N2O/c1-15(13-21)19(17-9-5-3-6-10-17)23-20(16(2)14-22)18-11-7-4-8-12-18/h3-12,15-16,19-20H,1-2H3. The maximum absolute atomic E-state index is 9.35. The van der Waals surface area contributed by atoms with Crippen LogP contribution >= 0.6 is 0 Å². The molecule has 116 valence electrons. The van der Waals surface area contributed by atoms with E-state index in [1.807, 2.05) is 74.5 Å². The third-order valence-electron chi connectivity index (χ3n) is 3.86. The summed E-state index contributed by atoms with van der Waals surface area (Å²) in [6.07, 6.45) is -0.746. The minimum absolute atomic E-state index is 0.311. The lowest BCUT2D eigenvalue weighted by molar-refractivity contribution is -0.0479. The Morgan fingerprint density at radius 3 is 1.35 bits per heavy atom. The molecule has 0 amide bonds. The van der Waals surface area contributed by atoms with Gasteiger partial charge < -0.3 is 4.74 Å². The zero-order valence-corrected chi connectivity index (χ0v) is 13.4. The summed E-state index contributed by atoms with van der Waals surface area (Å²) in [4.78, 5) is 0. The second-order valence-corrected chi connectivity index (χ2v) is 5.63. The second kappa shape index (κ2) is 8.13. The molecule has 0 saturated carbocycles. The Bertz CT molecular complexity index is 624. The molecule has 2 rings (SSSR count). The van der Waals surface area contributed by atoms with Gasteiger partial charge in [0, 0.05) is 0 Å². The van der Waals surface area contributed by atoms with Crippen LogP contribution in [0.5, 0.6) is 0 Å². The summed E-state index contributed by atoms with van der Waals surface area (Å²) in [6.45, 7) is 3.69. The molecular formula is C20H20N2O. The Morgan fingerprint density at radius 1 is 0.696 bits per heavy atom. The molecule has 4 unspecified atom stereocenters. The Hall–Kier alpha value is -2.62. The minimum Gasteiger partial charge on any atom is -0.363 e. The first kappa shape index (κ1) is 16.7. The van der Waals surface area contributed by atoms with Crippen molar-refractivity contribution in [1.29, 1.82) is 10.5 Å². The van der Waals surface area contributed by atoms with Crippen LogP contribution < -0.4 is 0 Å². The van der Waals surface area contributed by atoms with Gasteiger partial charge in [-0.15, -0.1) is 0 Å². The highest BCUT2D eigenvalue weighted by atomic mass is 16.5. The zero-order chi connectivity index (χ0) is 16.7. The summed E-state index contributed by atoms with van der Waals surface area (Å²) in [7, 11) is 0. The minimum atomic E-state index is -0.373. The number of nitrogens with zero attached hydrogens (tertiary/aromatic N) is 2. The van der Waals surface area contributed by atoms with Crippen molar-refractivity contribution in [3.63, 3.8) is 0 Å². The van der Waals surface area contributed by atoms with Gasteiger partial charge in [0.1, 0.15) is 0 Å². The van der Waals surface area contributed by atoms with Crippen LogP contribution in [0.2, 0.25) is 0 Å². The predicted molar refractivity (Wildman–Crippen MR) is 89.0 cm³/mol. The van der Waals surface area contributed by atoms with Gasteiger partial charge in [-0.1, -0.05) is 60.7 Å². The Kier molecular flexibility index (Phi) is 5.92. The van der Waals surface area contributed by atoms with Gasteiger partial charge in [-0.3, -0.25) is 0 Å². The van der Waals surface area contributed by atoms with Crippen LogP contribution in [-0.4, -0.2) is 0 Å². The predicted octanol–water partition coefficient (Wildman–Crippen LogP) is 4.80. The summed E-state index contributed by atoms with van der Waals surface area (Å²) in [5.41, 5.74) is 1.90. The van der Waals surface area contributed by atoms with Crippen LogP contribution in [0.25, 0.3) is 0 Å². The van der Waals surface area contributed by atoms with Crippen molar-refractivity contribution >= 4 is 0 Å². The van der Waals surface area contributed by atoms with Crippen molar-refractivity contribution in [2.75, 3.05) is 0 Å². The quantitative estimate of drug-likeness (QED) is 0.770. The van der Waals surface area contributed by atoms with Crippen molar-refractivity contribution in [3.8, 4) is 12.1 Å². The van der Waals surface area contributed by atoms with Crippen LogP contribution in [0, 0.1) is 34.5 Å². The van der Waals surface area contributed by atoms with E-state index in [0.29, 0.717) is 0 Å². The van der Waals surface area contributed by atoms with Gasteiger partial charge in [0.05, 0.1) is 36.2 Å². The first-order chi connectivity index (χ1) is 11.2. The fourth-order valence-corrected chi connectivity index (χ4v) is 2.55. The Morgan fingerprint density at radius 2 is 1.04 bits per heavy atom. The van der Waals surface area contributed by atoms with Crippen LogP contribution in [-0.2, 0) is 4.74 Å². The number of ether oxygens (including phenoxy) is 1. The van der Waals surface area contributed by atoms with E-state index in [0.717, 1.165) is 11.1 Å². The van der Waals surface area contributed by atoms with Gasteiger partial charge in [0.15, 0.2) is 0 Å². The van der Waals surface area contributed by atoms with E-state index in [1.165, 1.54) is 0 Å². The van der Waals surface area contributed by atoms with Crippen LogP contribution in [0.15, 0.2) is 60.7 Å². The molecule has 2 aromatic carbocycles. The van der Waals surface area contributed by atoms with Crippen molar-refractivity contribution in [1.82, 2.24) is 0 Å². The van der Waals surface area contributed by atoms with Gasteiger partial charge in [-0.25, -0.2) is 0 Å². The molecule has 0 aromatic heterocycles. The summed E-state index contributed by atoms with van der Waals surface area (Å²) in [5, 5.41) is 18.7. The average Bonchev–Trinajstić information content (AvgIpc) is 2.63.